The van der Waals surface area contributed by atoms with E-state index in [0.29, 0.717) is 37.8 Å². The Hall–Kier alpha value is -2.52. The Labute approximate surface area is 171 Å². The van der Waals surface area contributed by atoms with Gasteiger partial charge in [-0.3, -0.25) is 4.79 Å². The molecule has 9 heteroatoms. The summed E-state index contributed by atoms with van der Waals surface area (Å²) < 4.78 is 26.9. The molecule has 1 aromatic rings. The summed E-state index contributed by atoms with van der Waals surface area (Å²) in [5.74, 6) is 0.606. The molecule has 0 saturated carbocycles. The van der Waals surface area contributed by atoms with Crippen LogP contribution in [0.5, 0.6) is 11.5 Å². The predicted octanol–water partition coefficient (Wildman–Crippen LogP) is 1.79. The van der Waals surface area contributed by atoms with E-state index in [1.165, 1.54) is 4.90 Å². The molecule has 2 atom stereocenters. The van der Waals surface area contributed by atoms with Crippen LogP contribution in [-0.4, -0.2) is 68.8 Å². The Morgan fingerprint density at radius 1 is 1.21 bits per heavy atom. The number of para-hydroxylation sites is 2. The van der Waals surface area contributed by atoms with Gasteiger partial charge in [-0.1, -0.05) is 26.0 Å². The first-order valence-electron chi connectivity index (χ1n) is 9.72. The predicted molar refractivity (Wildman–Crippen MR) is 105 cm³/mol. The Balaban J connectivity index is 1.77. The summed E-state index contributed by atoms with van der Waals surface area (Å²) in [6, 6.07) is 6.62. The molecule has 1 aliphatic heterocycles. The molecular weight excluding hydrogens is 380 g/mol. The summed E-state index contributed by atoms with van der Waals surface area (Å²) in [4.78, 5) is 25.4. The molecule has 0 bridgehead atoms. The number of ether oxygens (including phenoxy) is 5. The highest BCUT2D eigenvalue weighted by Crippen LogP contribution is 2.26. The lowest BCUT2D eigenvalue weighted by Crippen LogP contribution is -2.48. The number of amides is 1. The Morgan fingerprint density at radius 2 is 1.90 bits per heavy atom. The normalized spacial score (nSPS) is 17.6. The Morgan fingerprint density at radius 3 is 2.55 bits per heavy atom. The van der Waals surface area contributed by atoms with Crippen molar-refractivity contribution in [1.29, 1.82) is 0 Å². The van der Waals surface area contributed by atoms with E-state index in [2.05, 4.69) is 0 Å². The van der Waals surface area contributed by atoms with Crippen LogP contribution in [0.1, 0.15) is 20.8 Å². The second-order valence-electron chi connectivity index (χ2n) is 6.89. The van der Waals surface area contributed by atoms with Crippen molar-refractivity contribution in [3.63, 3.8) is 0 Å². The van der Waals surface area contributed by atoms with Gasteiger partial charge in [0.05, 0.1) is 19.8 Å². The minimum Gasteiger partial charge on any atom is -0.490 e. The molecule has 1 amide bonds. The first kappa shape index (κ1) is 22.8. The standard InChI is InChI=1S/C20H30N2O7/c1-4-25-16-7-5-6-8-17(16)27-12-15-11-22(9-10-26-15)20(24)29-13-28-19(23)18(21)14(2)3/h5-8,14-15,18H,4,9-13,21H2,1-3H3. The van der Waals surface area contributed by atoms with Gasteiger partial charge in [0.1, 0.15) is 18.8 Å². The van der Waals surface area contributed by atoms with Gasteiger partial charge in [-0.05, 0) is 25.0 Å². The van der Waals surface area contributed by atoms with E-state index in [9.17, 15) is 9.59 Å². The van der Waals surface area contributed by atoms with Gasteiger partial charge in [-0.2, -0.15) is 0 Å². The molecule has 2 unspecified atom stereocenters. The summed E-state index contributed by atoms with van der Waals surface area (Å²) in [5, 5.41) is 0. The number of esters is 1. The van der Waals surface area contributed by atoms with Crippen LogP contribution in [0, 0.1) is 5.92 Å². The molecular formula is C20H30N2O7. The van der Waals surface area contributed by atoms with Crippen LogP contribution in [0.4, 0.5) is 4.79 Å². The molecule has 2 N–H and O–H groups in total. The maximum Gasteiger partial charge on any atom is 0.412 e. The number of nitrogens with zero attached hydrogens (tertiary/aromatic N) is 1. The van der Waals surface area contributed by atoms with Crippen molar-refractivity contribution >= 4 is 12.1 Å². The van der Waals surface area contributed by atoms with Gasteiger partial charge in [-0.15, -0.1) is 0 Å². The number of hydrogen-bond donors (Lipinski definition) is 1. The highest BCUT2D eigenvalue weighted by molar-refractivity contribution is 5.76. The van der Waals surface area contributed by atoms with E-state index in [0.717, 1.165) is 0 Å². The number of benzene rings is 1. The monoisotopic (exact) mass is 410 g/mol. The molecule has 29 heavy (non-hydrogen) atoms. The van der Waals surface area contributed by atoms with Crippen LogP contribution in [0.15, 0.2) is 24.3 Å². The number of morpholine rings is 1. The van der Waals surface area contributed by atoms with Crippen molar-refractivity contribution in [3.05, 3.63) is 24.3 Å². The topological polar surface area (TPSA) is 110 Å². The van der Waals surface area contributed by atoms with E-state index in [1.807, 2.05) is 31.2 Å². The summed E-state index contributed by atoms with van der Waals surface area (Å²) in [7, 11) is 0. The lowest BCUT2D eigenvalue weighted by Gasteiger charge is -2.32. The zero-order valence-corrected chi connectivity index (χ0v) is 17.2. The van der Waals surface area contributed by atoms with Crippen molar-refractivity contribution < 1.29 is 33.3 Å². The average Bonchev–Trinajstić information content (AvgIpc) is 2.72. The zero-order chi connectivity index (χ0) is 21.2. The van der Waals surface area contributed by atoms with Crippen LogP contribution >= 0.6 is 0 Å². The maximum atomic E-state index is 12.2. The third-order valence-electron chi connectivity index (χ3n) is 4.34. The molecule has 0 radical (unpaired) electrons. The summed E-state index contributed by atoms with van der Waals surface area (Å²) in [6.45, 7) is 6.87. The second-order valence-corrected chi connectivity index (χ2v) is 6.89. The van der Waals surface area contributed by atoms with Gasteiger partial charge >= 0.3 is 12.1 Å². The highest BCUT2D eigenvalue weighted by atomic mass is 16.7. The lowest BCUT2D eigenvalue weighted by atomic mass is 10.1. The minimum atomic E-state index is -0.752. The fourth-order valence-electron chi connectivity index (χ4n) is 2.61. The molecule has 1 aliphatic rings. The van der Waals surface area contributed by atoms with E-state index < -0.39 is 24.9 Å². The minimum absolute atomic E-state index is 0.0638. The fourth-order valence-corrected chi connectivity index (χ4v) is 2.61. The van der Waals surface area contributed by atoms with E-state index in [4.69, 9.17) is 29.4 Å². The lowest BCUT2D eigenvalue weighted by molar-refractivity contribution is -0.155. The molecule has 9 nitrogen and oxygen atoms in total. The number of carbonyl (C=O) groups excluding carboxylic acids is 2. The van der Waals surface area contributed by atoms with Crippen LogP contribution in [0.25, 0.3) is 0 Å². The van der Waals surface area contributed by atoms with Crippen molar-refractivity contribution in [2.24, 2.45) is 11.7 Å². The van der Waals surface area contributed by atoms with Gasteiger partial charge in [0.25, 0.3) is 0 Å². The molecule has 1 fully saturated rings. The third kappa shape index (κ3) is 7.10. The SMILES string of the molecule is CCOc1ccccc1OCC1CN(C(=O)OCOC(=O)C(N)C(C)C)CCO1. The maximum absolute atomic E-state index is 12.2. The van der Waals surface area contributed by atoms with E-state index in [-0.39, 0.29) is 18.6 Å². The van der Waals surface area contributed by atoms with Crippen molar-refractivity contribution in [3.8, 4) is 11.5 Å². The van der Waals surface area contributed by atoms with E-state index in [1.54, 1.807) is 13.8 Å². The molecule has 0 spiro atoms. The van der Waals surface area contributed by atoms with Crippen LogP contribution < -0.4 is 15.2 Å². The Bertz CT molecular complexity index is 668. The zero-order valence-electron chi connectivity index (χ0n) is 17.2. The molecule has 0 aliphatic carbocycles. The molecule has 1 heterocycles. The smallest absolute Gasteiger partial charge is 0.412 e. The largest absolute Gasteiger partial charge is 0.490 e. The van der Waals surface area contributed by atoms with Gasteiger partial charge in [0, 0.05) is 6.54 Å². The van der Waals surface area contributed by atoms with E-state index >= 15 is 0 Å². The fraction of sp³-hybridized carbons (Fsp3) is 0.600. The molecule has 0 aromatic heterocycles. The van der Waals surface area contributed by atoms with Crippen LogP contribution in [0.3, 0.4) is 0 Å². The summed E-state index contributed by atoms with van der Waals surface area (Å²) in [6.07, 6.45) is -0.901. The van der Waals surface area contributed by atoms with Crippen LogP contribution in [-0.2, 0) is 19.0 Å². The van der Waals surface area contributed by atoms with Gasteiger partial charge in [0.2, 0.25) is 6.79 Å². The van der Waals surface area contributed by atoms with Crippen molar-refractivity contribution in [2.45, 2.75) is 32.9 Å². The number of nitrogens with two attached hydrogens (primary N) is 1. The summed E-state index contributed by atoms with van der Waals surface area (Å²) in [5.41, 5.74) is 5.68. The first-order valence-corrected chi connectivity index (χ1v) is 9.72. The van der Waals surface area contributed by atoms with Crippen molar-refractivity contribution in [2.75, 3.05) is 39.7 Å². The number of hydrogen-bond acceptors (Lipinski definition) is 8. The van der Waals surface area contributed by atoms with Crippen LogP contribution in [0.2, 0.25) is 0 Å². The number of rotatable bonds is 9. The highest BCUT2D eigenvalue weighted by Gasteiger charge is 2.27. The van der Waals surface area contributed by atoms with Gasteiger partial charge < -0.3 is 34.3 Å². The second kappa shape index (κ2) is 11.5. The average molecular weight is 410 g/mol. The molecule has 1 aromatic carbocycles. The summed E-state index contributed by atoms with van der Waals surface area (Å²) >= 11 is 0. The molecule has 162 valence electrons. The third-order valence-corrected chi connectivity index (χ3v) is 4.34. The first-order chi connectivity index (χ1) is 13.9. The Kier molecular flexibility index (Phi) is 9.01. The van der Waals surface area contributed by atoms with Gasteiger partial charge in [0.15, 0.2) is 11.5 Å². The van der Waals surface area contributed by atoms with Crippen molar-refractivity contribution in [1.82, 2.24) is 4.90 Å². The molecule has 2 rings (SSSR count). The quantitative estimate of drug-likeness (QED) is 0.485. The number of carbonyl (C=O) groups is 2. The molecule has 1 saturated heterocycles. The van der Waals surface area contributed by atoms with Gasteiger partial charge in [-0.25, -0.2) is 4.79 Å².